The summed E-state index contributed by atoms with van der Waals surface area (Å²) < 4.78 is 18.6. The third kappa shape index (κ3) is 3.43. The van der Waals surface area contributed by atoms with Crippen LogP contribution in [-0.2, 0) is 4.74 Å². The second-order valence-corrected chi connectivity index (χ2v) is 4.03. The van der Waals surface area contributed by atoms with E-state index >= 15 is 0 Å². The van der Waals surface area contributed by atoms with Crippen LogP contribution in [0.5, 0.6) is 0 Å². The van der Waals surface area contributed by atoms with Crippen molar-refractivity contribution in [2.45, 2.75) is 33.3 Å². The summed E-state index contributed by atoms with van der Waals surface area (Å²) in [5, 5.41) is 0. The highest BCUT2D eigenvalue weighted by molar-refractivity contribution is 5.49. The van der Waals surface area contributed by atoms with Gasteiger partial charge in [-0.15, -0.1) is 0 Å². The van der Waals surface area contributed by atoms with Crippen LogP contribution in [0.15, 0.2) is 18.2 Å². The maximum absolute atomic E-state index is 13.4. The first-order valence-electron chi connectivity index (χ1n) is 6.24. The average Bonchev–Trinajstić information content (AvgIpc) is 2.84. The molecule has 1 aromatic rings. The van der Waals surface area contributed by atoms with Gasteiger partial charge < -0.3 is 9.64 Å². The van der Waals surface area contributed by atoms with E-state index in [-0.39, 0.29) is 11.9 Å². The maximum atomic E-state index is 13.4. The van der Waals surface area contributed by atoms with Gasteiger partial charge in [-0.3, -0.25) is 0 Å². The minimum Gasteiger partial charge on any atom is -0.380 e. The largest absolute Gasteiger partial charge is 0.380 e. The fourth-order valence-electron chi connectivity index (χ4n) is 1.93. The van der Waals surface area contributed by atoms with Crippen LogP contribution in [0.2, 0.25) is 0 Å². The lowest BCUT2D eigenvalue weighted by atomic mass is 10.2. The Kier molecular flexibility index (Phi) is 5.42. The van der Waals surface area contributed by atoms with Crippen LogP contribution in [0.3, 0.4) is 0 Å². The van der Waals surface area contributed by atoms with Crippen molar-refractivity contribution >= 4 is 5.69 Å². The first-order chi connectivity index (χ1) is 8.20. The molecule has 0 amide bonds. The van der Waals surface area contributed by atoms with Gasteiger partial charge in [0.2, 0.25) is 0 Å². The highest BCUT2D eigenvalue weighted by Gasteiger charge is 2.22. The van der Waals surface area contributed by atoms with Gasteiger partial charge >= 0.3 is 0 Å². The molecule has 17 heavy (non-hydrogen) atoms. The molecule has 0 aromatic heterocycles. The first kappa shape index (κ1) is 14.0. The number of hydrogen-bond acceptors (Lipinski definition) is 2. The lowest BCUT2D eigenvalue weighted by molar-refractivity contribution is 0.121. The molecule has 2 nitrogen and oxygen atoms in total. The number of ether oxygens (including phenoxy) is 1. The third-order valence-corrected chi connectivity index (χ3v) is 3.00. The summed E-state index contributed by atoms with van der Waals surface area (Å²) in [5.74, 6) is -0.131. The second-order valence-electron chi connectivity index (χ2n) is 4.03. The molecule has 1 heterocycles. The Morgan fingerprint density at radius 1 is 1.35 bits per heavy atom. The van der Waals surface area contributed by atoms with Crippen molar-refractivity contribution in [3.05, 3.63) is 29.6 Å². The van der Waals surface area contributed by atoms with Crippen molar-refractivity contribution in [1.82, 2.24) is 0 Å². The van der Waals surface area contributed by atoms with Gasteiger partial charge in [-0.2, -0.15) is 0 Å². The van der Waals surface area contributed by atoms with Crippen LogP contribution in [0.4, 0.5) is 10.1 Å². The lowest BCUT2D eigenvalue weighted by Crippen LogP contribution is -2.22. The van der Waals surface area contributed by atoms with Gasteiger partial charge in [0.05, 0.1) is 6.10 Å². The van der Waals surface area contributed by atoms with E-state index in [1.807, 2.05) is 26.0 Å². The molecule has 0 radical (unpaired) electrons. The molecule has 0 saturated carbocycles. The van der Waals surface area contributed by atoms with E-state index in [0.29, 0.717) is 5.56 Å². The van der Waals surface area contributed by atoms with E-state index in [9.17, 15) is 4.39 Å². The topological polar surface area (TPSA) is 12.5 Å². The third-order valence-electron chi connectivity index (χ3n) is 3.00. The van der Waals surface area contributed by atoms with Gasteiger partial charge in [-0.1, -0.05) is 19.9 Å². The Bertz CT molecular complexity index is 354. The van der Waals surface area contributed by atoms with Crippen molar-refractivity contribution in [3.8, 4) is 0 Å². The molecule has 2 rings (SSSR count). The second kappa shape index (κ2) is 6.60. The highest BCUT2D eigenvalue weighted by Crippen LogP contribution is 2.23. The molecule has 1 saturated heterocycles. The van der Waals surface area contributed by atoms with Gasteiger partial charge in [0.1, 0.15) is 5.82 Å². The molecule has 1 aromatic carbocycles. The highest BCUT2D eigenvalue weighted by atomic mass is 19.1. The molecule has 3 heteroatoms. The van der Waals surface area contributed by atoms with Crippen LogP contribution in [0, 0.1) is 12.7 Å². The Labute approximate surface area is 103 Å². The molecular formula is C14H22FNO. The van der Waals surface area contributed by atoms with Crippen molar-refractivity contribution in [1.29, 1.82) is 0 Å². The molecule has 1 aliphatic rings. The van der Waals surface area contributed by atoms with E-state index in [0.717, 1.165) is 25.2 Å². The zero-order chi connectivity index (χ0) is 12.8. The number of benzene rings is 1. The predicted molar refractivity (Wildman–Crippen MR) is 70.1 cm³/mol. The molecule has 0 spiro atoms. The number of aryl methyl sites for hydroxylation is 1. The number of halogens is 1. The van der Waals surface area contributed by atoms with Gasteiger partial charge in [0, 0.05) is 25.9 Å². The molecule has 1 atom stereocenters. The van der Waals surface area contributed by atoms with Crippen molar-refractivity contribution < 1.29 is 9.13 Å². The number of nitrogens with zero attached hydrogens (tertiary/aromatic N) is 1. The first-order valence-corrected chi connectivity index (χ1v) is 6.24. The van der Waals surface area contributed by atoms with E-state index in [2.05, 4.69) is 4.90 Å². The predicted octanol–water partition coefficient (Wildman–Crippen LogP) is 3.39. The number of hydrogen-bond donors (Lipinski definition) is 0. The van der Waals surface area contributed by atoms with Gasteiger partial charge in [0.15, 0.2) is 0 Å². The summed E-state index contributed by atoms with van der Waals surface area (Å²) in [4.78, 5) is 2.16. The lowest BCUT2D eigenvalue weighted by Gasteiger charge is -2.18. The SMILES string of the molecule is CC.COC1CCN(c2ccc(C)c(F)c2)C1. The molecule has 96 valence electrons. The van der Waals surface area contributed by atoms with Crippen LogP contribution in [0.25, 0.3) is 0 Å². The maximum Gasteiger partial charge on any atom is 0.128 e. The summed E-state index contributed by atoms with van der Waals surface area (Å²) in [7, 11) is 1.73. The van der Waals surface area contributed by atoms with Crippen LogP contribution in [-0.4, -0.2) is 26.3 Å². The summed E-state index contributed by atoms with van der Waals surface area (Å²) >= 11 is 0. The Hall–Kier alpha value is -1.09. The van der Waals surface area contributed by atoms with Crippen molar-refractivity contribution in [2.75, 3.05) is 25.1 Å². The summed E-state index contributed by atoms with van der Waals surface area (Å²) in [6.45, 7) is 7.58. The van der Waals surface area contributed by atoms with Crippen LogP contribution in [0.1, 0.15) is 25.8 Å². The Balaban J connectivity index is 0.000000686. The van der Waals surface area contributed by atoms with E-state index < -0.39 is 0 Å². The van der Waals surface area contributed by atoms with Crippen LogP contribution < -0.4 is 4.90 Å². The van der Waals surface area contributed by atoms with Gasteiger partial charge in [-0.05, 0) is 31.0 Å². The van der Waals surface area contributed by atoms with Gasteiger partial charge in [-0.25, -0.2) is 4.39 Å². The van der Waals surface area contributed by atoms with Crippen LogP contribution >= 0.6 is 0 Å². The smallest absolute Gasteiger partial charge is 0.128 e. The fourth-order valence-corrected chi connectivity index (χ4v) is 1.93. The number of anilines is 1. The van der Waals surface area contributed by atoms with E-state index in [1.54, 1.807) is 20.1 Å². The standard InChI is InChI=1S/C12H16FNO.C2H6/c1-9-3-4-10(7-12(9)13)14-6-5-11(8-14)15-2;1-2/h3-4,7,11H,5-6,8H2,1-2H3;1-2H3. The molecule has 1 aliphatic heterocycles. The number of methoxy groups -OCH3 is 1. The normalized spacial score (nSPS) is 18.9. The van der Waals surface area contributed by atoms with E-state index in [1.165, 1.54) is 0 Å². The summed E-state index contributed by atoms with van der Waals surface area (Å²) in [6.07, 6.45) is 1.31. The van der Waals surface area contributed by atoms with E-state index in [4.69, 9.17) is 4.74 Å². The Morgan fingerprint density at radius 3 is 2.59 bits per heavy atom. The summed E-state index contributed by atoms with van der Waals surface area (Å²) in [5.41, 5.74) is 1.65. The molecule has 0 aliphatic carbocycles. The fraction of sp³-hybridized carbons (Fsp3) is 0.571. The summed E-state index contributed by atoms with van der Waals surface area (Å²) in [6, 6.07) is 5.40. The van der Waals surface area contributed by atoms with Gasteiger partial charge in [0.25, 0.3) is 0 Å². The van der Waals surface area contributed by atoms with Crippen molar-refractivity contribution in [2.24, 2.45) is 0 Å². The Morgan fingerprint density at radius 2 is 2.06 bits per heavy atom. The minimum absolute atomic E-state index is 0.131. The zero-order valence-electron chi connectivity index (χ0n) is 11.2. The minimum atomic E-state index is -0.131. The molecule has 0 N–H and O–H groups in total. The molecular weight excluding hydrogens is 217 g/mol. The molecule has 0 bridgehead atoms. The molecule has 1 unspecified atom stereocenters. The number of rotatable bonds is 2. The zero-order valence-corrected chi connectivity index (χ0v) is 11.2. The average molecular weight is 239 g/mol. The quantitative estimate of drug-likeness (QED) is 0.784. The van der Waals surface area contributed by atoms with Crippen molar-refractivity contribution in [3.63, 3.8) is 0 Å². The monoisotopic (exact) mass is 239 g/mol. The molecule has 1 fully saturated rings.